The van der Waals surface area contributed by atoms with Gasteiger partial charge in [-0.2, -0.15) is 0 Å². The van der Waals surface area contributed by atoms with E-state index in [4.69, 9.17) is 14.5 Å². The van der Waals surface area contributed by atoms with Gasteiger partial charge in [-0.15, -0.1) is 0 Å². The molecule has 0 saturated carbocycles. The minimum Gasteiger partial charge on any atom is -0.493 e. The van der Waals surface area contributed by atoms with Gasteiger partial charge >= 0.3 is 0 Å². The number of rotatable bonds is 8. The highest BCUT2D eigenvalue weighted by Gasteiger charge is 2.07. The van der Waals surface area contributed by atoms with Crippen molar-refractivity contribution in [1.29, 1.82) is 0 Å². The number of nitrogens with zero attached hydrogens (tertiary/aromatic N) is 3. The Labute approximate surface area is 194 Å². The zero-order valence-electron chi connectivity index (χ0n) is 19.2. The van der Waals surface area contributed by atoms with Crippen LogP contribution in [0.2, 0.25) is 0 Å². The summed E-state index contributed by atoms with van der Waals surface area (Å²) < 4.78 is 12.9. The zero-order valence-corrected chi connectivity index (χ0v) is 19.2. The lowest BCUT2D eigenvalue weighted by Gasteiger charge is -2.14. The number of hydrogen-bond acceptors (Lipinski definition) is 4. The molecule has 0 unspecified atom stereocenters. The Morgan fingerprint density at radius 2 is 1.70 bits per heavy atom. The van der Waals surface area contributed by atoms with E-state index >= 15 is 0 Å². The molecular weight excluding hydrogens is 414 g/mol. The minimum absolute atomic E-state index is 0.566. The zero-order chi connectivity index (χ0) is 23.0. The molecule has 4 aromatic rings. The first-order valence-corrected chi connectivity index (χ1v) is 10.9. The standard InChI is InChI=1S/C26H29N5O2/c1-4-27-26(30-21-13-14-24(32-2)25(15-21)33-3)28-16-19-9-11-20(12-10-19)17-31-18-29-22-7-5-6-8-23(22)31/h5-15,18H,4,16-17H2,1-3H3,(H2,27,28,30). The van der Waals surface area contributed by atoms with Crippen molar-refractivity contribution in [3.05, 3.63) is 84.2 Å². The van der Waals surface area contributed by atoms with E-state index in [9.17, 15) is 0 Å². The number of methoxy groups -OCH3 is 2. The van der Waals surface area contributed by atoms with Gasteiger partial charge in [0.2, 0.25) is 0 Å². The summed E-state index contributed by atoms with van der Waals surface area (Å²) in [7, 11) is 3.25. The largest absolute Gasteiger partial charge is 0.493 e. The summed E-state index contributed by atoms with van der Waals surface area (Å²) in [5, 5.41) is 6.61. The first-order valence-electron chi connectivity index (χ1n) is 10.9. The van der Waals surface area contributed by atoms with Crippen LogP contribution in [0.4, 0.5) is 5.69 Å². The number of aromatic nitrogens is 2. The molecule has 170 valence electrons. The average Bonchev–Trinajstić information content (AvgIpc) is 3.26. The van der Waals surface area contributed by atoms with Crippen molar-refractivity contribution in [2.75, 3.05) is 26.1 Å². The molecular formula is C26H29N5O2. The van der Waals surface area contributed by atoms with E-state index < -0.39 is 0 Å². The molecule has 0 spiro atoms. The Morgan fingerprint density at radius 1 is 0.939 bits per heavy atom. The third-order valence-electron chi connectivity index (χ3n) is 5.31. The highest BCUT2D eigenvalue weighted by Crippen LogP contribution is 2.29. The van der Waals surface area contributed by atoms with Crippen LogP contribution < -0.4 is 20.1 Å². The molecule has 7 heteroatoms. The molecule has 1 aromatic heterocycles. The van der Waals surface area contributed by atoms with Gasteiger partial charge in [-0.3, -0.25) is 0 Å². The number of fused-ring (bicyclic) bond motifs is 1. The van der Waals surface area contributed by atoms with Gasteiger partial charge < -0.3 is 24.7 Å². The molecule has 0 aliphatic carbocycles. The number of nitrogens with one attached hydrogen (secondary N) is 2. The lowest BCUT2D eigenvalue weighted by molar-refractivity contribution is 0.355. The molecule has 2 N–H and O–H groups in total. The quantitative estimate of drug-likeness (QED) is 0.306. The van der Waals surface area contributed by atoms with E-state index in [0.717, 1.165) is 35.4 Å². The second kappa shape index (κ2) is 10.5. The van der Waals surface area contributed by atoms with Gasteiger partial charge in [0.25, 0.3) is 0 Å². The van der Waals surface area contributed by atoms with Crippen molar-refractivity contribution in [3.8, 4) is 11.5 Å². The molecule has 0 aliphatic rings. The molecule has 7 nitrogen and oxygen atoms in total. The highest BCUT2D eigenvalue weighted by molar-refractivity contribution is 5.93. The van der Waals surface area contributed by atoms with Gasteiger partial charge in [-0.05, 0) is 42.3 Å². The number of para-hydroxylation sites is 2. The molecule has 4 rings (SSSR count). The Bertz CT molecular complexity index is 1230. The summed E-state index contributed by atoms with van der Waals surface area (Å²) in [6, 6.07) is 22.4. The molecule has 0 fully saturated rings. The number of guanidine groups is 1. The third kappa shape index (κ3) is 5.44. The number of benzene rings is 3. The fourth-order valence-electron chi connectivity index (χ4n) is 3.61. The summed E-state index contributed by atoms with van der Waals surface area (Å²) in [4.78, 5) is 9.20. The predicted molar refractivity (Wildman–Crippen MR) is 133 cm³/mol. The number of aliphatic imine (C=N–C) groups is 1. The van der Waals surface area contributed by atoms with Crippen LogP contribution in [-0.2, 0) is 13.1 Å². The van der Waals surface area contributed by atoms with E-state index in [1.165, 1.54) is 5.56 Å². The molecule has 0 aliphatic heterocycles. The molecule has 0 bridgehead atoms. The molecule has 0 radical (unpaired) electrons. The normalized spacial score (nSPS) is 11.4. The molecule has 3 aromatic carbocycles. The van der Waals surface area contributed by atoms with Crippen LogP contribution in [0.3, 0.4) is 0 Å². The molecule has 1 heterocycles. The third-order valence-corrected chi connectivity index (χ3v) is 5.31. The van der Waals surface area contributed by atoms with Crippen LogP contribution in [-0.4, -0.2) is 36.3 Å². The smallest absolute Gasteiger partial charge is 0.196 e. The van der Waals surface area contributed by atoms with Crippen molar-refractivity contribution in [2.45, 2.75) is 20.0 Å². The molecule has 0 saturated heterocycles. The number of hydrogen-bond donors (Lipinski definition) is 2. The average molecular weight is 444 g/mol. The second-order valence-electron chi connectivity index (χ2n) is 7.57. The molecule has 0 atom stereocenters. The van der Waals surface area contributed by atoms with Gasteiger partial charge in [0.1, 0.15) is 0 Å². The fourth-order valence-corrected chi connectivity index (χ4v) is 3.61. The van der Waals surface area contributed by atoms with E-state index in [0.29, 0.717) is 24.0 Å². The SMILES string of the molecule is CCNC(=NCc1ccc(Cn2cnc3ccccc32)cc1)Nc1ccc(OC)c(OC)c1. The van der Waals surface area contributed by atoms with E-state index in [1.807, 2.05) is 49.6 Å². The summed E-state index contributed by atoms with van der Waals surface area (Å²) in [6.45, 7) is 4.15. The second-order valence-corrected chi connectivity index (χ2v) is 7.57. The van der Waals surface area contributed by atoms with Crippen LogP contribution in [0.5, 0.6) is 11.5 Å². The maximum Gasteiger partial charge on any atom is 0.196 e. The number of ether oxygens (including phenoxy) is 2. The fraction of sp³-hybridized carbons (Fsp3) is 0.231. The van der Waals surface area contributed by atoms with Crippen molar-refractivity contribution < 1.29 is 9.47 Å². The summed E-state index contributed by atoms with van der Waals surface area (Å²) >= 11 is 0. The Morgan fingerprint density at radius 3 is 2.45 bits per heavy atom. The van der Waals surface area contributed by atoms with Crippen LogP contribution in [0.15, 0.2) is 78.0 Å². The minimum atomic E-state index is 0.566. The highest BCUT2D eigenvalue weighted by atomic mass is 16.5. The van der Waals surface area contributed by atoms with Crippen molar-refractivity contribution >= 4 is 22.7 Å². The van der Waals surface area contributed by atoms with Gasteiger partial charge in [0, 0.05) is 24.8 Å². The van der Waals surface area contributed by atoms with Crippen molar-refractivity contribution in [2.24, 2.45) is 4.99 Å². The predicted octanol–water partition coefficient (Wildman–Crippen LogP) is 4.68. The van der Waals surface area contributed by atoms with Crippen LogP contribution >= 0.6 is 0 Å². The van der Waals surface area contributed by atoms with Crippen molar-refractivity contribution in [1.82, 2.24) is 14.9 Å². The molecule has 33 heavy (non-hydrogen) atoms. The Hall–Kier alpha value is -4.00. The first-order chi connectivity index (χ1) is 16.2. The summed E-state index contributed by atoms with van der Waals surface area (Å²) in [5.74, 6) is 2.06. The number of anilines is 1. The topological polar surface area (TPSA) is 72.7 Å². The summed E-state index contributed by atoms with van der Waals surface area (Å²) in [5.41, 5.74) is 5.39. The monoisotopic (exact) mass is 443 g/mol. The Kier molecular flexibility index (Phi) is 7.09. The summed E-state index contributed by atoms with van der Waals surface area (Å²) in [6.07, 6.45) is 1.89. The van der Waals surface area contributed by atoms with E-state index in [-0.39, 0.29) is 0 Å². The van der Waals surface area contributed by atoms with Gasteiger partial charge in [0.05, 0.1) is 38.1 Å². The van der Waals surface area contributed by atoms with Gasteiger partial charge in [-0.1, -0.05) is 36.4 Å². The maximum atomic E-state index is 5.39. The first kappa shape index (κ1) is 22.2. The van der Waals surface area contributed by atoms with Gasteiger partial charge in [0.15, 0.2) is 17.5 Å². The molecule has 0 amide bonds. The van der Waals surface area contributed by atoms with Crippen LogP contribution in [0.25, 0.3) is 11.0 Å². The lowest BCUT2D eigenvalue weighted by atomic mass is 10.1. The Balaban J connectivity index is 1.42. The lowest BCUT2D eigenvalue weighted by Crippen LogP contribution is -2.30. The van der Waals surface area contributed by atoms with E-state index in [1.54, 1.807) is 14.2 Å². The van der Waals surface area contributed by atoms with Gasteiger partial charge in [-0.25, -0.2) is 9.98 Å². The van der Waals surface area contributed by atoms with Crippen LogP contribution in [0.1, 0.15) is 18.1 Å². The van der Waals surface area contributed by atoms with Crippen LogP contribution in [0, 0.1) is 0 Å². The van der Waals surface area contributed by atoms with E-state index in [2.05, 4.69) is 50.5 Å². The number of imidazole rings is 1. The maximum absolute atomic E-state index is 5.39. The van der Waals surface area contributed by atoms with Crippen molar-refractivity contribution in [3.63, 3.8) is 0 Å².